The van der Waals surface area contributed by atoms with Crippen LogP contribution in [0.4, 0.5) is 5.69 Å². The monoisotopic (exact) mass is 423 g/mol. The second kappa shape index (κ2) is 6.39. The van der Waals surface area contributed by atoms with Crippen LogP contribution in [0.2, 0.25) is 0 Å². The zero-order valence-corrected chi connectivity index (χ0v) is 17.5. The number of amides is 2. The van der Waals surface area contributed by atoms with E-state index >= 15 is 0 Å². The van der Waals surface area contributed by atoms with Crippen molar-refractivity contribution in [2.75, 3.05) is 4.90 Å². The Balaban J connectivity index is 1.61. The Labute approximate surface area is 185 Å². The van der Waals surface area contributed by atoms with Gasteiger partial charge in [0.15, 0.2) is 0 Å². The first-order valence-electron chi connectivity index (χ1n) is 10.9. The molecule has 0 saturated carbocycles. The predicted octanol–water partition coefficient (Wildman–Crippen LogP) is 4.35. The van der Waals surface area contributed by atoms with Gasteiger partial charge in [0.1, 0.15) is 0 Å². The van der Waals surface area contributed by atoms with Gasteiger partial charge in [0.2, 0.25) is 11.8 Å². The molecule has 0 aromatic heterocycles. The minimum absolute atomic E-state index is 0.0534. The van der Waals surface area contributed by atoms with Crippen LogP contribution in [-0.4, -0.2) is 22.9 Å². The van der Waals surface area contributed by atoms with Crippen LogP contribution in [0.5, 0.6) is 0 Å². The minimum Gasteiger partial charge on any atom is -0.478 e. The number of imide groups is 1. The number of anilines is 1. The Morgan fingerprint density at radius 2 is 1.53 bits per heavy atom. The summed E-state index contributed by atoms with van der Waals surface area (Å²) in [6.07, 6.45) is 0.691. The molecule has 3 aromatic carbocycles. The molecule has 0 unspecified atom stereocenters. The molecule has 1 heterocycles. The Kier molecular flexibility index (Phi) is 3.79. The van der Waals surface area contributed by atoms with Gasteiger partial charge < -0.3 is 5.11 Å². The van der Waals surface area contributed by atoms with E-state index in [-0.39, 0.29) is 23.3 Å². The maximum absolute atomic E-state index is 14.0. The van der Waals surface area contributed by atoms with E-state index in [1.54, 1.807) is 12.1 Å². The summed E-state index contributed by atoms with van der Waals surface area (Å²) in [6.45, 7) is 2.09. The van der Waals surface area contributed by atoms with Gasteiger partial charge in [-0.2, -0.15) is 0 Å². The Hall–Kier alpha value is -3.73. The van der Waals surface area contributed by atoms with Crippen molar-refractivity contribution in [3.63, 3.8) is 0 Å². The highest BCUT2D eigenvalue weighted by atomic mass is 16.4. The third kappa shape index (κ3) is 2.11. The number of aromatic carboxylic acids is 1. The molecule has 0 spiro atoms. The molecule has 0 radical (unpaired) electrons. The molecular formula is C27H21NO4. The summed E-state index contributed by atoms with van der Waals surface area (Å²) in [5, 5.41) is 9.41. The van der Waals surface area contributed by atoms with Gasteiger partial charge in [-0.15, -0.1) is 0 Å². The average molecular weight is 423 g/mol. The Bertz CT molecular complexity index is 1280. The number of carbonyl (C=O) groups excluding carboxylic acids is 2. The number of carboxylic acids is 1. The van der Waals surface area contributed by atoms with Crippen LogP contribution in [0.3, 0.4) is 0 Å². The number of benzene rings is 3. The number of rotatable bonds is 3. The fourth-order valence-electron chi connectivity index (χ4n) is 6.56. The Morgan fingerprint density at radius 3 is 2.12 bits per heavy atom. The standard InChI is InChI=1S/C27H21NO4/c1-2-27-19-12-5-3-10-17(19)21(18-11-4-6-13-20(18)27)22-23(27)25(30)28(24(22)29)16-9-7-8-15(14-16)26(31)32/h3-14,21-23H,2H2,1H3,(H,31,32)/t21?,22-,23-,27?/m0/s1. The fourth-order valence-corrected chi connectivity index (χ4v) is 6.56. The molecule has 4 aliphatic rings. The van der Waals surface area contributed by atoms with E-state index in [4.69, 9.17) is 0 Å². The van der Waals surface area contributed by atoms with E-state index < -0.39 is 23.2 Å². The fraction of sp³-hybridized carbons (Fsp3) is 0.222. The van der Waals surface area contributed by atoms with Crippen molar-refractivity contribution in [3.05, 3.63) is 101 Å². The molecular weight excluding hydrogens is 402 g/mol. The highest BCUT2D eigenvalue weighted by molar-refractivity contribution is 6.24. The lowest BCUT2D eigenvalue weighted by Crippen LogP contribution is -2.53. The maximum atomic E-state index is 14.0. The molecule has 32 heavy (non-hydrogen) atoms. The van der Waals surface area contributed by atoms with Gasteiger partial charge in [0.05, 0.1) is 23.1 Å². The second-order valence-corrected chi connectivity index (χ2v) is 8.85. The zero-order chi connectivity index (χ0) is 22.2. The van der Waals surface area contributed by atoms with Gasteiger partial charge >= 0.3 is 5.97 Å². The third-order valence-electron chi connectivity index (χ3n) is 7.70. The summed E-state index contributed by atoms with van der Waals surface area (Å²) in [7, 11) is 0. The average Bonchev–Trinajstić information content (AvgIpc) is 3.10. The van der Waals surface area contributed by atoms with E-state index in [1.165, 1.54) is 17.0 Å². The van der Waals surface area contributed by atoms with Gasteiger partial charge in [0.25, 0.3) is 0 Å². The van der Waals surface area contributed by atoms with Crippen molar-refractivity contribution < 1.29 is 19.5 Å². The van der Waals surface area contributed by atoms with Gasteiger partial charge in [-0.3, -0.25) is 9.59 Å². The van der Waals surface area contributed by atoms with Gasteiger partial charge in [-0.25, -0.2) is 9.69 Å². The van der Waals surface area contributed by atoms with Crippen LogP contribution in [0, 0.1) is 11.8 Å². The SMILES string of the molecule is CCC12c3ccccc3C(c3ccccc31)[C@@H]1C(=O)N(c3cccc(C(=O)O)c3)C(=O)[C@H]12. The Morgan fingerprint density at radius 1 is 0.906 bits per heavy atom. The van der Waals surface area contributed by atoms with Crippen LogP contribution >= 0.6 is 0 Å². The van der Waals surface area contributed by atoms with E-state index in [2.05, 4.69) is 31.2 Å². The molecule has 1 N–H and O–H groups in total. The molecule has 1 fully saturated rings. The molecule has 158 valence electrons. The summed E-state index contributed by atoms with van der Waals surface area (Å²) >= 11 is 0. The van der Waals surface area contributed by atoms with Crippen molar-refractivity contribution in [2.24, 2.45) is 11.8 Å². The number of hydrogen-bond donors (Lipinski definition) is 1. The van der Waals surface area contributed by atoms with Gasteiger partial charge in [0, 0.05) is 11.3 Å². The molecule has 7 rings (SSSR count). The van der Waals surface area contributed by atoms with Crippen molar-refractivity contribution >= 4 is 23.5 Å². The molecule has 5 heteroatoms. The predicted molar refractivity (Wildman–Crippen MR) is 119 cm³/mol. The highest BCUT2D eigenvalue weighted by Gasteiger charge is 2.67. The molecule has 1 saturated heterocycles. The van der Waals surface area contributed by atoms with Crippen molar-refractivity contribution in [2.45, 2.75) is 24.7 Å². The van der Waals surface area contributed by atoms with Crippen molar-refractivity contribution in [3.8, 4) is 0 Å². The van der Waals surface area contributed by atoms with Crippen LogP contribution in [-0.2, 0) is 15.0 Å². The molecule has 2 amide bonds. The molecule has 2 bridgehead atoms. The largest absolute Gasteiger partial charge is 0.478 e. The number of carbonyl (C=O) groups is 3. The third-order valence-corrected chi connectivity index (χ3v) is 7.70. The number of carboxylic acid groups (broad SMARTS) is 1. The summed E-state index contributed by atoms with van der Waals surface area (Å²) < 4.78 is 0. The first-order chi connectivity index (χ1) is 15.5. The van der Waals surface area contributed by atoms with E-state index in [9.17, 15) is 19.5 Å². The number of nitrogens with zero attached hydrogens (tertiary/aromatic N) is 1. The smallest absolute Gasteiger partial charge is 0.335 e. The normalized spacial score (nSPS) is 27.2. The minimum atomic E-state index is -1.09. The first kappa shape index (κ1) is 19.0. The van der Waals surface area contributed by atoms with Crippen LogP contribution in [0.25, 0.3) is 0 Å². The summed E-state index contributed by atoms with van der Waals surface area (Å²) in [5.41, 5.74) is 4.31. The first-order valence-corrected chi connectivity index (χ1v) is 10.9. The molecule has 3 aliphatic carbocycles. The maximum Gasteiger partial charge on any atom is 0.335 e. The molecule has 2 atom stereocenters. The second-order valence-electron chi connectivity index (χ2n) is 8.85. The lowest BCUT2D eigenvalue weighted by Gasteiger charge is -2.54. The van der Waals surface area contributed by atoms with Gasteiger partial charge in [-0.05, 0) is 46.9 Å². The zero-order valence-electron chi connectivity index (χ0n) is 17.5. The van der Waals surface area contributed by atoms with Crippen LogP contribution in [0.1, 0.15) is 51.9 Å². The summed E-state index contributed by atoms with van der Waals surface area (Å²) in [5.74, 6) is -2.77. The van der Waals surface area contributed by atoms with E-state index in [0.29, 0.717) is 12.1 Å². The molecule has 1 aliphatic heterocycles. The van der Waals surface area contributed by atoms with Crippen LogP contribution < -0.4 is 4.90 Å². The topological polar surface area (TPSA) is 74.7 Å². The highest BCUT2D eigenvalue weighted by Crippen LogP contribution is 2.65. The summed E-state index contributed by atoms with van der Waals surface area (Å²) in [6, 6.07) is 22.5. The van der Waals surface area contributed by atoms with Gasteiger partial charge in [-0.1, -0.05) is 61.5 Å². The van der Waals surface area contributed by atoms with Crippen LogP contribution in [0.15, 0.2) is 72.8 Å². The quantitative estimate of drug-likeness (QED) is 0.636. The lowest BCUT2D eigenvalue weighted by atomic mass is 9.46. The number of hydrogen-bond acceptors (Lipinski definition) is 3. The molecule has 5 nitrogen and oxygen atoms in total. The van der Waals surface area contributed by atoms with E-state index in [1.807, 2.05) is 24.3 Å². The van der Waals surface area contributed by atoms with Crippen molar-refractivity contribution in [1.82, 2.24) is 0 Å². The van der Waals surface area contributed by atoms with Crippen molar-refractivity contribution in [1.29, 1.82) is 0 Å². The van der Waals surface area contributed by atoms with E-state index in [0.717, 1.165) is 22.3 Å². The summed E-state index contributed by atoms with van der Waals surface area (Å²) in [4.78, 5) is 40.6. The molecule has 3 aromatic rings. The lowest BCUT2D eigenvalue weighted by molar-refractivity contribution is -0.123.